The van der Waals surface area contributed by atoms with Crippen LogP contribution in [-0.2, 0) is 16.6 Å². The molecule has 27 heavy (non-hydrogen) atoms. The minimum Gasteiger partial charge on any atom is -0.249 e. The van der Waals surface area contributed by atoms with Crippen LogP contribution in [0.1, 0.15) is 5.56 Å². The highest BCUT2D eigenvalue weighted by Gasteiger charge is 2.27. The molecular weight excluding hydrogens is 408 g/mol. The van der Waals surface area contributed by atoms with Crippen molar-refractivity contribution in [1.82, 2.24) is 18.5 Å². The van der Waals surface area contributed by atoms with Gasteiger partial charge < -0.3 is 0 Å². The average molecular weight is 425 g/mol. The number of sulfonamides is 1. The van der Waals surface area contributed by atoms with Crippen LogP contribution in [0.15, 0.2) is 52.3 Å². The van der Waals surface area contributed by atoms with Gasteiger partial charge in [0.1, 0.15) is 0 Å². The van der Waals surface area contributed by atoms with E-state index in [1.807, 2.05) is 6.07 Å². The van der Waals surface area contributed by atoms with Crippen LogP contribution in [0.25, 0.3) is 5.65 Å². The molecule has 1 aliphatic heterocycles. The molecule has 3 aromatic rings. The monoisotopic (exact) mass is 424 g/mol. The number of pyridine rings is 1. The summed E-state index contributed by atoms with van der Waals surface area (Å²) in [4.78, 5) is 12.8. The van der Waals surface area contributed by atoms with E-state index >= 15 is 0 Å². The molecule has 0 bridgehead atoms. The number of rotatable bonds is 4. The molecule has 142 valence electrons. The quantitative estimate of drug-likeness (QED) is 0.639. The lowest BCUT2D eigenvalue weighted by molar-refractivity contribution is 0.443. The van der Waals surface area contributed by atoms with E-state index in [0.717, 1.165) is 17.1 Å². The van der Waals surface area contributed by atoms with Gasteiger partial charge in [-0.05, 0) is 29.8 Å². The summed E-state index contributed by atoms with van der Waals surface area (Å²) in [5.74, 6) is 1.55. The fraction of sp³-hybridized carbons (Fsp3) is 0.294. The molecule has 0 amide bonds. The molecule has 10 heteroatoms. The molecule has 0 N–H and O–H groups in total. The zero-order chi connectivity index (χ0) is 19.0. The second-order valence-electron chi connectivity index (χ2n) is 6.18. The molecule has 1 saturated heterocycles. The van der Waals surface area contributed by atoms with E-state index in [1.165, 1.54) is 25.7 Å². The lowest BCUT2D eigenvalue weighted by Gasteiger charge is -2.25. The number of nitrogens with zero attached hydrogens (tertiary/aromatic N) is 4. The molecule has 7 nitrogen and oxygen atoms in total. The van der Waals surface area contributed by atoms with Crippen molar-refractivity contribution in [3.8, 4) is 0 Å². The maximum Gasteiger partial charge on any atom is 0.350 e. The Labute approximate surface area is 165 Å². The first-order valence-corrected chi connectivity index (χ1v) is 11.3. The van der Waals surface area contributed by atoms with Crippen molar-refractivity contribution in [1.29, 1.82) is 0 Å². The SMILES string of the molecule is O=c1n(Cc2cccc(Cl)c2)nc2ccc(S(=O)(=O)N3CCSCC3)cn12. The number of hydrogen-bond donors (Lipinski definition) is 0. The van der Waals surface area contributed by atoms with Crippen molar-refractivity contribution >= 4 is 39.0 Å². The minimum atomic E-state index is -3.62. The molecule has 1 aromatic carbocycles. The van der Waals surface area contributed by atoms with Crippen LogP contribution >= 0.6 is 23.4 Å². The van der Waals surface area contributed by atoms with Gasteiger partial charge in [-0.2, -0.15) is 16.1 Å². The van der Waals surface area contributed by atoms with Crippen LogP contribution in [0.2, 0.25) is 5.02 Å². The molecule has 0 saturated carbocycles. The first-order valence-electron chi connectivity index (χ1n) is 8.37. The first kappa shape index (κ1) is 18.5. The standard InChI is InChI=1S/C17H17ClN4O3S2/c18-14-3-1-2-13(10-14)11-22-17(23)21-12-15(4-5-16(21)19-22)27(24,25)20-6-8-26-9-7-20/h1-5,10,12H,6-9,11H2. The summed E-state index contributed by atoms with van der Waals surface area (Å²) >= 11 is 7.72. The van der Waals surface area contributed by atoms with Gasteiger partial charge in [0.15, 0.2) is 5.65 Å². The Morgan fingerprint density at radius 3 is 2.67 bits per heavy atom. The van der Waals surface area contributed by atoms with Crippen molar-refractivity contribution in [3.05, 3.63) is 63.7 Å². The van der Waals surface area contributed by atoms with Crippen LogP contribution in [-0.4, -0.2) is 51.5 Å². The van der Waals surface area contributed by atoms with Gasteiger partial charge in [-0.25, -0.2) is 22.3 Å². The highest BCUT2D eigenvalue weighted by Crippen LogP contribution is 2.20. The second kappa shape index (κ2) is 7.31. The molecule has 0 spiro atoms. The normalized spacial score (nSPS) is 16.0. The summed E-state index contributed by atoms with van der Waals surface area (Å²) in [6.07, 6.45) is 1.36. The van der Waals surface area contributed by atoms with E-state index < -0.39 is 15.7 Å². The molecular formula is C17H17ClN4O3S2. The Morgan fingerprint density at radius 2 is 1.93 bits per heavy atom. The minimum absolute atomic E-state index is 0.103. The number of aromatic nitrogens is 3. The van der Waals surface area contributed by atoms with Crippen LogP contribution in [0, 0.1) is 0 Å². The smallest absolute Gasteiger partial charge is 0.249 e. The highest BCUT2D eigenvalue weighted by molar-refractivity contribution is 7.99. The average Bonchev–Trinajstić information content (AvgIpc) is 2.98. The summed E-state index contributed by atoms with van der Waals surface area (Å²) in [6, 6.07) is 10.2. The fourth-order valence-corrected chi connectivity index (χ4v) is 5.79. The topological polar surface area (TPSA) is 76.7 Å². The van der Waals surface area contributed by atoms with Crippen LogP contribution in [0.5, 0.6) is 0 Å². The summed E-state index contributed by atoms with van der Waals surface area (Å²) in [7, 11) is -3.62. The molecule has 0 radical (unpaired) electrons. The van der Waals surface area contributed by atoms with E-state index in [2.05, 4.69) is 5.10 Å². The first-order chi connectivity index (χ1) is 12.9. The van der Waals surface area contributed by atoms with Gasteiger partial charge in [0.05, 0.1) is 11.4 Å². The van der Waals surface area contributed by atoms with Crippen molar-refractivity contribution < 1.29 is 8.42 Å². The van der Waals surface area contributed by atoms with Crippen molar-refractivity contribution in [2.24, 2.45) is 0 Å². The molecule has 3 heterocycles. The Kier molecular flexibility index (Phi) is 5.02. The van der Waals surface area contributed by atoms with Gasteiger partial charge in [0.2, 0.25) is 10.0 Å². The predicted octanol–water partition coefficient (Wildman–Crippen LogP) is 1.94. The van der Waals surface area contributed by atoms with E-state index in [4.69, 9.17) is 11.6 Å². The van der Waals surface area contributed by atoms with Gasteiger partial charge in [0, 0.05) is 35.8 Å². The summed E-state index contributed by atoms with van der Waals surface area (Å²) in [5, 5.41) is 4.87. The molecule has 0 unspecified atom stereocenters. The number of halogens is 1. The number of benzene rings is 1. The summed E-state index contributed by atoms with van der Waals surface area (Å²) in [5.41, 5.74) is 0.845. The van der Waals surface area contributed by atoms with Crippen molar-refractivity contribution in [3.63, 3.8) is 0 Å². The second-order valence-corrected chi connectivity index (χ2v) is 9.78. The van der Waals surface area contributed by atoms with Crippen LogP contribution in [0.3, 0.4) is 0 Å². The third-order valence-electron chi connectivity index (χ3n) is 4.38. The molecule has 2 aromatic heterocycles. The fourth-order valence-electron chi connectivity index (χ4n) is 3.00. The summed E-state index contributed by atoms with van der Waals surface area (Å²) < 4.78 is 29.7. The van der Waals surface area contributed by atoms with Gasteiger partial charge in [0.25, 0.3) is 0 Å². The molecule has 1 aliphatic rings. The van der Waals surface area contributed by atoms with Gasteiger partial charge in [-0.1, -0.05) is 23.7 Å². The number of fused-ring (bicyclic) bond motifs is 1. The molecule has 4 rings (SSSR count). The summed E-state index contributed by atoms with van der Waals surface area (Å²) in [6.45, 7) is 1.22. The van der Waals surface area contributed by atoms with Crippen LogP contribution < -0.4 is 5.69 Å². The van der Waals surface area contributed by atoms with E-state index in [9.17, 15) is 13.2 Å². The molecule has 0 atom stereocenters. The van der Waals surface area contributed by atoms with Gasteiger partial charge in [-0.3, -0.25) is 0 Å². The van der Waals surface area contributed by atoms with E-state index in [-0.39, 0.29) is 11.4 Å². The Bertz CT molecular complexity index is 1150. The largest absolute Gasteiger partial charge is 0.350 e. The third kappa shape index (κ3) is 3.64. The van der Waals surface area contributed by atoms with Gasteiger partial charge >= 0.3 is 5.69 Å². The maximum atomic E-state index is 12.8. The third-order valence-corrected chi connectivity index (χ3v) is 7.44. The van der Waals surface area contributed by atoms with E-state index in [1.54, 1.807) is 36.0 Å². The number of hydrogen-bond acceptors (Lipinski definition) is 5. The van der Waals surface area contributed by atoms with Crippen molar-refractivity contribution in [2.45, 2.75) is 11.4 Å². The maximum absolute atomic E-state index is 12.8. The number of thioether (sulfide) groups is 1. The molecule has 0 aliphatic carbocycles. The zero-order valence-electron chi connectivity index (χ0n) is 14.3. The zero-order valence-corrected chi connectivity index (χ0v) is 16.7. The Hall–Kier alpha value is -1.81. The highest BCUT2D eigenvalue weighted by atomic mass is 35.5. The van der Waals surface area contributed by atoms with Crippen LogP contribution in [0.4, 0.5) is 0 Å². The van der Waals surface area contributed by atoms with Crippen molar-refractivity contribution in [2.75, 3.05) is 24.6 Å². The molecule has 1 fully saturated rings. The predicted molar refractivity (Wildman–Crippen MR) is 106 cm³/mol. The van der Waals surface area contributed by atoms with E-state index in [0.29, 0.717) is 23.8 Å². The Balaban J connectivity index is 1.70. The van der Waals surface area contributed by atoms with Gasteiger partial charge in [-0.15, -0.1) is 5.10 Å². The lowest BCUT2D eigenvalue weighted by atomic mass is 10.2. The lowest BCUT2D eigenvalue weighted by Crippen LogP contribution is -2.38. The Morgan fingerprint density at radius 1 is 1.15 bits per heavy atom.